The number of aryl methyl sites for hydroxylation is 1. The minimum Gasteiger partial charge on any atom is -0.480 e. The van der Waals surface area contributed by atoms with E-state index in [4.69, 9.17) is 12.8 Å². The summed E-state index contributed by atoms with van der Waals surface area (Å²) in [4.78, 5) is 23.8. The van der Waals surface area contributed by atoms with E-state index in [1.54, 1.807) is 10.8 Å². The fraction of sp³-hybridized carbons (Fsp3) is 0.444. The number of nitrogens with zero attached hydrogens (tertiary/aromatic N) is 1. The summed E-state index contributed by atoms with van der Waals surface area (Å²) in [6.45, 7) is 0.534. The average Bonchev–Trinajstić information content (AvgIpc) is 2.99. The molecule has 0 spiro atoms. The van der Waals surface area contributed by atoms with Crippen molar-refractivity contribution in [2.45, 2.75) is 37.8 Å². The molecule has 0 aliphatic carbocycles. The predicted molar refractivity (Wildman–Crippen MR) is 97.1 cm³/mol. The summed E-state index contributed by atoms with van der Waals surface area (Å²) in [6, 6.07) is 5.67. The van der Waals surface area contributed by atoms with E-state index < -0.39 is 24.0 Å². The van der Waals surface area contributed by atoms with E-state index in [1.165, 1.54) is 0 Å². The van der Waals surface area contributed by atoms with Crippen molar-refractivity contribution in [1.29, 1.82) is 0 Å². The van der Waals surface area contributed by atoms with Crippen LogP contribution in [-0.2, 0) is 23.0 Å². The molecule has 1 amide bonds. The van der Waals surface area contributed by atoms with E-state index in [-0.39, 0.29) is 13.4 Å². The van der Waals surface area contributed by atoms with Crippen molar-refractivity contribution in [3.8, 4) is 0 Å². The first-order chi connectivity index (χ1) is 12.5. The Morgan fingerprint density at radius 3 is 2.80 bits per heavy atom. The molecule has 7 heteroatoms. The number of aliphatic carboxylic acids is 1. The molecule has 7 nitrogen and oxygen atoms in total. The van der Waals surface area contributed by atoms with Gasteiger partial charge in [0.25, 0.3) is 0 Å². The maximum absolute atomic E-state index is 12.2. The number of aromatic nitrogens is 1. The lowest BCUT2D eigenvalue weighted by atomic mass is 10.0. The van der Waals surface area contributed by atoms with Gasteiger partial charge in [-0.1, -0.05) is 24.6 Å². The first kappa shape index (κ1) is 17.4. The SMILES string of the molecule is [2H]Cn1cc(C[C@H](NC(=O)[C@@H](N)CCCCN)C(=O)O)c2ccccc21. The zero-order valence-electron chi connectivity index (χ0n) is 15.1. The van der Waals surface area contributed by atoms with Crippen LogP contribution in [-0.4, -0.2) is 40.2 Å². The van der Waals surface area contributed by atoms with Gasteiger partial charge in [0, 0.05) is 31.9 Å². The molecule has 0 aliphatic rings. The van der Waals surface area contributed by atoms with Crippen LogP contribution in [0.3, 0.4) is 0 Å². The molecule has 0 saturated carbocycles. The molecule has 25 heavy (non-hydrogen) atoms. The third kappa shape index (κ3) is 4.80. The van der Waals surface area contributed by atoms with Crippen molar-refractivity contribution < 1.29 is 16.1 Å². The van der Waals surface area contributed by atoms with Gasteiger partial charge < -0.3 is 26.5 Å². The highest BCUT2D eigenvalue weighted by atomic mass is 16.4. The maximum atomic E-state index is 12.2. The molecule has 0 saturated heterocycles. The molecule has 6 N–H and O–H groups in total. The third-order valence-corrected chi connectivity index (χ3v) is 4.22. The van der Waals surface area contributed by atoms with Crippen LogP contribution in [0.15, 0.2) is 30.5 Å². The van der Waals surface area contributed by atoms with E-state index in [1.807, 2.05) is 24.3 Å². The molecule has 1 aromatic carbocycles. The number of carbonyl (C=O) groups excluding carboxylic acids is 1. The standard InChI is InChI=1S/C18H26N4O3/c1-22-11-12(13-6-2-3-8-16(13)22)10-15(18(24)25)21-17(23)14(20)7-4-5-9-19/h2-3,6,8,11,14-15H,4-5,7,9-10,19-20H2,1H3,(H,21,23)(H,24,25)/t14-,15-/m0/s1/i1D. The summed E-state index contributed by atoms with van der Waals surface area (Å²) in [6.07, 6.45) is 3.86. The number of carboxylic acid groups (broad SMARTS) is 1. The highest BCUT2D eigenvalue weighted by Crippen LogP contribution is 2.21. The predicted octanol–water partition coefficient (Wildman–Crippen LogP) is 0.747. The first-order valence-electron chi connectivity index (χ1n) is 9.03. The molecule has 2 atom stereocenters. The van der Waals surface area contributed by atoms with Crippen LogP contribution in [0, 0.1) is 0 Å². The van der Waals surface area contributed by atoms with Gasteiger partial charge in [-0.05, 0) is 31.0 Å². The topological polar surface area (TPSA) is 123 Å². The molecule has 0 aliphatic heterocycles. The molecule has 136 valence electrons. The molecule has 1 heterocycles. The summed E-state index contributed by atoms with van der Waals surface area (Å²) < 4.78 is 9.35. The number of benzene rings is 1. The van der Waals surface area contributed by atoms with Crippen molar-refractivity contribution in [3.63, 3.8) is 0 Å². The summed E-state index contributed by atoms with van der Waals surface area (Å²) in [5.74, 6) is -1.59. The summed E-state index contributed by atoms with van der Waals surface area (Å²) >= 11 is 0. The van der Waals surface area contributed by atoms with Gasteiger partial charge in [0.15, 0.2) is 0 Å². The second kappa shape index (κ2) is 8.64. The van der Waals surface area contributed by atoms with Gasteiger partial charge in [-0.2, -0.15) is 0 Å². The minimum atomic E-state index is -1.12. The van der Waals surface area contributed by atoms with Crippen molar-refractivity contribution in [1.82, 2.24) is 9.88 Å². The van der Waals surface area contributed by atoms with Crippen molar-refractivity contribution in [2.75, 3.05) is 6.54 Å². The van der Waals surface area contributed by atoms with E-state index in [0.29, 0.717) is 13.0 Å². The number of hydrogen-bond acceptors (Lipinski definition) is 4. The number of para-hydroxylation sites is 1. The van der Waals surface area contributed by atoms with E-state index in [0.717, 1.165) is 29.3 Å². The Labute approximate surface area is 148 Å². The quantitative estimate of drug-likeness (QED) is 0.498. The number of nitrogens with two attached hydrogens (primary N) is 2. The van der Waals surface area contributed by atoms with Crippen LogP contribution in [0.25, 0.3) is 10.9 Å². The highest BCUT2D eigenvalue weighted by molar-refractivity contribution is 5.88. The normalized spacial score (nSPS) is 14.1. The molecular formula is C18H26N4O3. The second-order valence-corrected chi connectivity index (χ2v) is 6.14. The monoisotopic (exact) mass is 347 g/mol. The molecule has 0 radical (unpaired) electrons. The average molecular weight is 347 g/mol. The molecule has 0 unspecified atom stereocenters. The van der Waals surface area contributed by atoms with E-state index >= 15 is 0 Å². The summed E-state index contributed by atoms with van der Waals surface area (Å²) in [7, 11) is 0.0383. The number of unbranched alkanes of at least 4 members (excludes halogenated alkanes) is 1. The zero-order chi connectivity index (χ0) is 19.1. The largest absolute Gasteiger partial charge is 0.480 e. The van der Waals surface area contributed by atoms with Gasteiger partial charge >= 0.3 is 5.97 Å². The highest BCUT2D eigenvalue weighted by Gasteiger charge is 2.24. The lowest BCUT2D eigenvalue weighted by molar-refractivity contribution is -0.142. The Morgan fingerprint density at radius 1 is 1.36 bits per heavy atom. The van der Waals surface area contributed by atoms with Gasteiger partial charge in [0.1, 0.15) is 6.04 Å². The Morgan fingerprint density at radius 2 is 2.12 bits per heavy atom. The Hall–Kier alpha value is -2.38. The van der Waals surface area contributed by atoms with Gasteiger partial charge in [-0.15, -0.1) is 0 Å². The fourth-order valence-corrected chi connectivity index (χ4v) is 2.82. The van der Waals surface area contributed by atoms with Crippen LogP contribution in [0.1, 0.15) is 26.2 Å². The maximum Gasteiger partial charge on any atom is 0.326 e. The molecule has 1 aromatic heterocycles. The molecule has 2 rings (SSSR count). The third-order valence-electron chi connectivity index (χ3n) is 4.22. The van der Waals surface area contributed by atoms with Crippen molar-refractivity contribution in [3.05, 3.63) is 36.0 Å². The number of hydrogen-bond donors (Lipinski definition) is 4. The lowest BCUT2D eigenvalue weighted by Gasteiger charge is -2.17. The molecular weight excluding hydrogens is 320 g/mol. The van der Waals surface area contributed by atoms with Crippen LogP contribution < -0.4 is 16.8 Å². The van der Waals surface area contributed by atoms with E-state index in [9.17, 15) is 14.7 Å². The number of nitrogens with one attached hydrogen (secondary N) is 1. The van der Waals surface area contributed by atoms with Gasteiger partial charge in [-0.3, -0.25) is 4.79 Å². The van der Waals surface area contributed by atoms with Crippen LogP contribution in [0.2, 0.25) is 0 Å². The van der Waals surface area contributed by atoms with E-state index in [2.05, 4.69) is 5.32 Å². The fourth-order valence-electron chi connectivity index (χ4n) is 2.82. The number of fused-ring (bicyclic) bond motifs is 1. The van der Waals surface area contributed by atoms with Crippen LogP contribution in [0.4, 0.5) is 0 Å². The smallest absolute Gasteiger partial charge is 0.326 e. The van der Waals surface area contributed by atoms with Crippen LogP contribution >= 0.6 is 0 Å². The van der Waals surface area contributed by atoms with Crippen molar-refractivity contribution in [2.24, 2.45) is 18.5 Å². The Balaban J connectivity index is 2.11. The van der Waals surface area contributed by atoms with Gasteiger partial charge in [-0.25, -0.2) is 4.79 Å². The van der Waals surface area contributed by atoms with Gasteiger partial charge in [0.05, 0.1) is 6.04 Å². The van der Waals surface area contributed by atoms with Crippen LogP contribution in [0.5, 0.6) is 0 Å². The summed E-state index contributed by atoms with van der Waals surface area (Å²) in [5, 5.41) is 12.9. The number of carboxylic acids is 1. The summed E-state index contributed by atoms with van der Waals surface area (Å²) in [5.41, 5.74) is 12.9. The molecule has 0 bridgehead atoms. The van der Waals surface area contributed by atoms with Gasteiger partial charge in [0.2, 0.25) is 5.91 Å². The number of carbonyl (C=O) groups is 2. The molecule has 2 aromatic rings. The molecule has 0 fully saturated rings. The second-order valence-electron chi connectivity index (χ2n) is 6.14. The first-order valence-corrected chi connectivity index (χ1v) is 8.32. The minimum absolute atomic E-state index is 0.0383. The Kier molecular flexibility index (Phi) is 6.03. The van der Waals surface area contributed by atoms with Crippen molar-refractivity contribution >= 4 is 22.8 Å². The number of amides is 1. The number of rotatable bonds is 9. The lowest BCUT2D eigenvalue weighted by Crippen LogP contribution is -2.49. The zero-order valence-corrected chi connectivity index (χ0v) is 14.1. The Bertz CT molecular complexity index is 762.